The van der Waals surface area contributed by atoms with Gasteiger partial charge in [-0.3, -0.25) is 4.79 Å². The van der Waals surface area contributed by atoms with Crippen LogP contribution in [-0.4, -0.2) is 22.2 Å². The molecule has 0 fully saturated rings. The van der Waals surface area contributed by atoms with Crippen molar-refractivity contribution in [1.29, 1.82) is 0 Å². The molecule has 0 radical (unpaired) electrons. The molecule has 1 N–H and O–H groups in total. The summed E-state index contributed by atoms with van der Waals surface area (Å²) in [7, 11) is 0. The van der Waals surface area contributed by atoms with Crippen LogP contribution in [0.15, 0.2) is 60.8 Å². The Morgan fingerprint density at radius 1 is 1.04 bits per heavy atom. The molecular formula is C18H15F2N3O. The van der Waals surface area contributed by atoms with Crippen molar-refractivity contribution in [2.75, 3.05) is 6.54 Å². The van der Waals surface area contributed by atoms with Gasteiger partial charge < -0.3 is 5.32 Å². The maximum atomic E-state index is 13.1. The Hall–Kier alpha value is -3.02. The van der Waals surface area contributed by atoms with Gasteiger partial charge in [0, 0.05) is 36.5 Å². The molecule has 4 nitrogen and oxygen atoms in total. The minimum atomic E-state index is -0.776. The highest BCUT2D eigenvalue weighted by molar-refractivity contribution is 5.94. The van der Waals surface area contributed by atoms with Gasteiger partial charge in [-0.1, -0.05) is 18.2 Å². The topological polar surface area (TPSA) is 46.9 Å². The summed E-state index contributed by atoms with van der Waals surface area (Å²) in [6.07, 6.45) is 2.23. The number of carbonyl (C=O) groups is 1. The van der Waals surface area contributed by atoms with Crippen molar-refractivity contribution < 1.29 is 13.6 Å². The lowest BCUT2D eigenvalue weighted by molar-refractivity contribution is 0.0953. The molecule has 3 rings (SSSR count). The normalized spacial score (nSPS) is 10.6. The summed E-state index contributed by atoms with van der Waals surface area (Å²) in [6, 6.07) is 14.2. The molecule has 0 aliphatic carbocycles. The number of hydrogen-bond acceptors (Lipinski definition) is 2. The highest BCUT2D eigenvalue weighted by atomic mass is 19.1. The molecule has 3 aromatic rings. The van der Waals surface area contributed by atoms with Gasteiger partial charge in [0.25, 0.3) is 5.91 Å². The largest absolute Gasteiger partial charge is 0.352 e. The Kier molecular flexibility index (Phi) is 4.65. The first kappa shape index (κ1) is 15.9. The van der Waals surface area contributed by atoms with Crippen LogP contribution in [0.2, 0.25) is 0 Å². The van der Waals surface area contributed by atoms with Gasteiger partial charge in [-0.15, -0.1) is 0 Å². The Morgan fingerprint density at radius 2 is 1.75 bits per heavy atom. The van der Waals surface area contributed by atoms with E-state index in [1.807, 2.05) is 36.4 Å². The van der Waals surface area contributed by atoms with Gasteiger partial charge in [0.2, 0.25) is 0 Å². The van der Waals surface area contributed by atoms with Crippen molar-refractivity contribution in [3.8, 4) is 5.69 Å². The average Bonchev–Trinajstić information content (AvgIpc) is 3.03. The van der Waals surface area contributed by atoms with Crippen molar-refractivity contribution in [3.63, 3.8) is 0 Å². The lowest BCUT2D eigenvalue weighted by Gasteiger charge is -2.09. The minimum absolute atomic E-state index is 0.0379. The van der Waals surface area contributed by atoms with E-state index >= 15 is 0 Å². The van der Waals surface area contributed by atoms with Crippen LogP contribution in [0.25, 0.3) is 5.69 Å². The Bertz CT molecular complexity index is 826. The second-order valence-electron chi connectivity index (χ2n) is 5.23. The molecule has 6 heteroatoms. The first-order chi connectivity index (χ1) is 11.6. The van der Waals surface area contributed by atoms with E-state index in [1.165, 1.54) is 0 Å². The number of halogens is 2. The third-order valence-corrected chi connectivity index (χ3v) is 3.51. The highest BCUT2D eigenvalue weighted by Crippen LogP contribution is 2.11. The maximum Gasteiger partial charge on any atom is 0.251 e. The smallest absolute Gasteiger partial charge is 0.251 e. The number of amides is 1. The molecule has 1 aromatic heterocycles. The predicted octanol–water partition coefficient (Wildman–Crippen LogP) is 3.12. The van der Waals surface area contributed by atoms with E-state index in [2.05, 4.69) is 10.4 Å². The van der Waals surface area contributed by atoms with Crippen LogP contribution in [-0.2, 0) is 6.42 Å². The molecule has 1 amide bonds. The molecular weight excluding hydrogens is 312 g/mol. The van der Waals surface area contributed by atoms with Crippen LogP contribution in [0.4, 0.5) is 8.78 Å². The van der Waals surface area contributed by atoms with Gasteiger partial charge in [-0.25, -0.2) is 13.5 Å². The summed E-state index contributed by atoms with van der Waals surface area (Å²) in [6.45, 7) is 0.329. The van der Waals surface area contributed by atoms with Gasteiger partial charge >= 0.3 is 0 Å². The lowest BCUT2D eigenvalue weighted by atomic mass is 10.2. The summed E-state index contributed by atoms with van der Waals surface area (Å²) in [5.74, 6) is -2.07. The molecule has 0 atom stereocenters. The molecule has 24 heavy (non-hydrogen) atoms. The molecule has 0 bridgehead atoms. The number of aromatic nitrogens is 2. The fourth-order valence-electron chi connectivity index (χ4n) is 2.41. The Labute approximate surface area is 137 Å². The van der Waals surface area contributed by atoms with Crippen molar-refractivity contribution in [2.24, 2.45) is 0 Å². The van der Waals surface area contributed by atoms with Crippen LogP contribution in [0, 0.1) is 11.6 Å². The zero-order valence-corrected chi connectivity index (χ0v) is 12.7. The first-order valence-electron chi connectivity index (χ1n) is 7.46. The number of nitrogens with one attached hydrogen (secondary N) is 1. The van der Waals surface area contributed by atoms with Crippen LogP contribution >= 0.6 is 0 Å². The average molecular weight is 327 g/mol. The quantitative estimate of drug-likeness (QED) is 0.783. The van der Waals surface area contributed by atoms with E-state index < -0.39 is 17.5 Å². The third-order valence-electron chi connectivity index (χ3n) is 3.51. The van der Waals surface area contributed by atoms with Crippen molar-refractivity contribution >= 4 is 5.91 Å². The van der Waals surface area contributed by atoms with E-state index in [9.17, 15) is 13.6 Å². The summed E-state index contributed by atoms with van der Waals surface area (Å²) in [5, 5.41) is 6.93. The van der Waals surface area contributed by atoms with Crippen LogP contribution in [0.1, 0.15) is 16.1 Å². The number of para-hydroxylation sites is 1. The molecule has 1 heterocycles. The van der Waals surface area contributed by atoms with Crippen LogP contribution < -0.4 is 5.32 Å². The summed E-state index contributed by atoms with van der Waals surface area (Å²) in [5.41, 5.74) is 1.81. The third kappa shape index (κ3) is 3.65. The molecule has 2 aromatic carbocycles. The van der Waals surface area contributed by atoms with Gasteiger partial charge in [0.05, 0.1) is 5.69 Å². The van der Waals surface area contributed by atoms with Crippen molar-refractivity contribution in [2.45, 2.75) is 6.42 Å². The molecule has 0 saturated heterocycles. The Morgan fingerprint density at radius 3 is 2.46 bits per heavy atom. The fourth-order valence-corrected chi connectivity index (χ4v) is 2.41. The van der Waals surface area contributed by atoms with E-state index in [-0.39, 0.29) is 5.56 Å². The van der Waals surface area contributed by atoms with Gasteiger partial charge in [0.1, 0.15) is 11.6 Å². The van der Waals surface area contributed by atoms with E-state index in [4.69, 9.17) is 0 Å². The fraction of sp³-hybridized carbons (Fsp3) is 0.111. The molecule has 0 spiro atoms. The van der Waals surface area contributed by atoms with Gasteiger partial charge in [-0.2, -0.15) is 5.10 Å². The summed E-state index contributed by atoms with van der Waals surface area (Å²) < 4.78 is 28.1. The number of hydrogen-bond donors (Lipinski definition) is 1. The number of carbonyl (C=O) groups excluding carboxylic acids is 1. The van der Waals surface area contributed by atoms with Gasteiger partial charge in [0.15, 0.2) is 0 Å². The molecule has 122 valence electrons. The Balaban J connectivity index is 1.63. The zero-order valence-electron chi connectivity index (χ0n) is 12.7. The standard InChI is InChI=1S/C18H15F2N3O/c19-14-10-13(11-15(20)12-14)18(24)21-8-6-17-7-9-22-23(17)16-4-2-1-3-5-16/h1-5,7,9-12H,6,8H2,(H,21,24). The molecule has 0 saturated carbocycles. The van der Waals surface area contributed by atoms with E-state index in [0.717, 1.165) is 29.6 Å². The zero-order chi connectivity index (χ0) is 16.9. The second-order valence-corrected chi connectivity index (χ2v) is 5.23. The SMILES string of the molecule is O=C(NCCc1ccnn1-c1ccccc1)c1cc(F)cc(F)c1. The first-order valence-corrected chi connectivity index (χ1v) is 7.46. The highest BCUT2D eigenvalue weighted by Gasteiger charge is 2.10. The predicted molar refractivity (Wildman–Crippen MR) is 86.0 cm³/mol. The lowest BCUT2D eigenvalue weighted by Crippen LogP contribution is -2.26. The monoisotopic (exact) mass is 327 g/mol. The molecule has 0 aliphatic rings. The van der Waals surface area contributed by atoms with Crippen molar-refractivity contribution in [1.82, 2.24) is 15.1 Å². The summed E-state index contributed by atoms with van der Waals surface area (Å²) in [4.78, 5) is 12.0. The maximum absolute atomic E-state index is 13.1. The number of benzene rings is 2. The molecule has 0 unspecified atom stereocenters. The van der Waals surface area contributed by atoms with Crippen LogP contribution in [0.3, 0.4) is 0 Å². The molecule has 0 aliphatic heterocycles. The second kappa shape index (κ2) is 7.04. The van der Waals surface area contributed by atoms with Crippen molar-refractivity contribution in [3.05, 3.63) is 83.7 Å². The van der Waals surface area contributed by atoms with Crippen LogP contribution in [0.5, 0.6) is 0 Å². The number of rotatable bonds is 5. The van der Waals surface area contributed by atoms with E-state index in [0.29, 0.717) is 13.0 Å². The minimum Gasteiger partial charge on any atom is -0.352 e. The summed E-state index contributed by atoms with van der Waals surface area (Å²) >= 11 is 0. The van der Waals surface area contributed by atoms with E-state index in [1.54, 1.807) is 10.9 Å². The van der Waals surface area contributed by atoms with Gasteiger partial charge in [-0.05, 0) is 30.3 Å². The number of nitrogens with zero attached hydrogens (tertiary/aromatic N) is 2.